The van der Waals surface area contributed by atoms with Gasteiger partial charge in [-0.15, -0.1) is 0 Å². The van der Waals surface area contributed by atoms with Gasteiger partial charge in [0.2, 0.25) is 0 Å². The van der Waals surface area contributed by atoms with Crippen LogP contribution in [0.1, 0.15) is 71.2 Å². The van der Waals surface area contributed by atoms with Crippen LogP contribution in [-0.2, 0) is 25.5 Å². The molecule has 7 nitrogen and oxygen atoms in total. The van der Waals surface area contributed by atoms with Crippen molar-refractivity contribution in [1.82, 2.24) is 4.98 Å². The van der Waals surface area contributed by atoms with E-state index in [0.29, 0.717) is 18.0 Å². The third-order valence-corrected chi connectivity index (χ3v) is 5.42. The van der Waals surface area contributed by atoms with Crippen molar-refractivity contribution in [2.24, 2.45) is 11.8 Å². The van der Waals surface area contributed by atoms with E-state index in [1.165, 1.54) is 6.92 Å². The number of carbonyl (C=O) groups is 2. The Labute approximate surface area is 172 Å². The minimum atomic E-state index is -0.473. The van der Waals surface area contributed by atoms with Gasteiger partial charge in [0.05, 0.1) is 29.7 Å². The molecule has 0 radical (unpaired) electrons. The zero-order chi connectivity index (χ0) is 21.3. The van der Waals surface area contributed by atoms with Gasteiger partial charge in [0.1, 0.15) is 11.7 Å². The number of pyridine rings is 1. The fourth-order valence-corrected chi connectivity index (χ4v) is 4.63. The van der Waals surface area contributed by atoms with Crippen molar-refractivity contribution < 1.29 is 19.1 Å². The summed E-state index contributed by atoms with van der Waals surface area (Å²) in [6.07, 6.45) is 4.26. The van der Waals surface area contributed by atoms with Gasteiger partial charge in [-0.05, 0) is 51.9 Å². The second-order valence-electron chi connectivity index (χ2n) is 9.47. The highest BCUT2D eigenvalue weighted by atomic mass is 16.6. The number of piperidine rings is 1. The van der Waals surface area contributed by atoms with E-state index >= 15 is 0 Å². The molecule has 2 heterocycles. The molecule has 2 N–H and O–H groups in total. The lowest BCUT2D eigenvalue weighted by Crippen LogP contribution is -2.41. The summed E-state index contributed by atoms with van der Waals surface area (Å²) in [6.45, 7) is 10.9. The van der Waals surface area contributed by atoms with E-state index in [4.69, 9.17) is 15.2 Å². The molecule has 1 aliphatic heterocycles. The lowest BCUT2D eigenvalue weighted by molar-refractivity contribution is -0.156. The summed E-state index contributed by atoms with van der Waals surface area (Å²) in [6, 6.07) is 0. The molecule has 160 valence electrons. The quantitative estimate of drug-likeness (QED) is 0.770. The summed E-state index contributed by atoms with van der Waals surface area (Å²) in [5.74, 6) is 0.194. The molecule has 2 aliphatic rings. The molecule has 1 aromatic heterocycles. The van der Waals surface area contributed by atoms with Crippen LogP contribution in [0.4, 0.5) is 11.4 Å². The molecule has 3 atom stereocenters. The van der Waals surface area contributed by atoms with Gasteiger partial charge in [-0.3, -0.25) is 14.6 Å². The third kappa shape index (κ3) is 5.19. The first-order chi connectivity index (χ1) is 13.5. The second kappa shape index (κ2) is 8.20. The van der Waals surface area contributed by atoms with Crippen LogP contribution in [0.5, 0.6) is 0 Å². The van der Waals surface area contributed by atoms with E-state index in [9.17, 15) is 9.59 Å². The van der Waals surface area contributed by atoms with Gasteiger partial charge in [0.15, 0.2) is 0 Å². The van der Waals surface area contributed by atoms with E-state index in [2.05, 4.69) is 16.8 Å². The first-order valence-electron chi connectivity index (χ1n) is 10.4. The van der Waals surface area contributed by atoms with Crippen LogP contribution in [0.25, 0.3) is 0 Å². The Morgan fingerprint density at radius 1 is 1.31 bits per heavy atom. The number of hydrogen-bond acceptors (Lipinski definition) is 7. The van der Waals surface area contributed by atoms with Crippen LogP contribution in [0.15, 0.2) is 6.20 Å². The molecule has 0 aromatic carbocycles. The van der Waals surface area contributed by atoms with Gasteiger partial charge >= 0.3 is 11.9 Å². The molecule has 1 saturated heterocycles. The zero-order valence-electron chi connectivity index (χ0n) is 18.2. The molecule has 3 rings (SSSR count). The molecule has 1 unspecified atom stereocenters. The number of aromatic nitrogens is 1. The Morgan fingerprint density at radius 2 is 2.03 bits per heavy atom. The van der Waals surface area contributed by atoms with Gasteiger partial charge in [-0.2, -0.15) is 0 Å². The van der Waals surface area contributed by atoms with Crippen LogP contribution < -0.4 is 10.6 Å². The van der Waals surface area contributed by atoms with E-state index in [1.807, 2.05) is 20.8 Å². The standard InChI is InChI=1S/C22H33N3O4/c1-13-8-15(9-19(27)29-22(3,4)5)12-25(11-13)21-16-6-7-18(28-14(2)26)20(16)24-10-17(21)23/h10,13,15,18H,6-9,11-12,23H2,1-5H3/t13-,15-,18?/m1/s1. The minimum absolute atomic E-state index is 0.153. The number of carbonyl (C=O) groups excluding carboxylic acids is 2. The summed E-state index contributed by atoms with van der Waals surface area (Å²) in [4.78, 5) is 30.5. The smallest absolute Gasteiger partial charge is 0.306 e. The highest BCUT2D eigenvalue weighted by Gasteiger charge is 2.35. The molecule has 0 spiro atoms. The number of hydrogen-bond donors (Lipinski definition) is 1. The average Bonchev–Trinajstić information content (AvgIpc) is 2.94. The average molecular weight is 404 g/mol. The van der Waals surface area contributed by atoms with Crippen LogP contribution in [-0.4, -0.2) is 35.6 Å². The molecule has 1 aromatic rings. The fourth-order valence-electron chi connectivity index (χ4n) is 4.63. The molecular weight excluding hydrogens is 370 g/mol. The maximum Gasteiger partial charge on any atom is 0.306 e. The van der Waals surface area contributed by atoms with Crippen LogP contribution in [0.3, 0.4) is 0 Å². The number of nitrogens with zero attached hydrogens (tertiary/aromatic N) is 2. The second-order valence-corrected chi connectivity index (χ2v) is 9.47. The summed E-state index contributed by atoms with van der Waals surface area (Å²) in [5.41, 5.74) is 9.38. The number of fused-ring (bicyclic) bond motifs is 1. The molecule has 1 aliphatic carbocycles. The lowest BCUT2D eigenvalue weighted by atomic mass is 9.87. The number of nitrogens with two attached hydrogens (primary N) is 1. The van der Waals surface area contributed by atoms with Crippen LogP contribution in [0.2, 0.25) is 0 Å². The number of esters is 2. The Hall–Kier alpha value is -2.31. The summed E-state index contributed by atoms with van der Waals surface area (Å²) >= 11 is 0. The Balaban J connectivity index is 1.80. The first kappa shape index (κ1) is 21.4. The molecule has 29 heavy (non-hydrogen) atoms. The van der Waals surface area contributed by atoms with Crippen LogP contribution >= 0.6 is 0 Å². The van der Waals surface area contributed by atoms with Gasteiger partial charge in [0.25, 0.3) is 0 Å². The summed E-state index contributed by atoms with van der Waals surface area (Å²) < 4.78 is 11.0. The minimum Gasteiger partial charge on any atom is -0.460 e. The highest BCUT2D eigenvalue weighted by Crippen LogP contribution is 2.42. The number of anilines is 2. The zero-order valence-corrected chi connectivity index (χ0v) is 18.2. The fraction of sp³-hybridized carbons (Fsp3) is 0.682. The maximum absolute atomic E-state index is 12.4. The molecule has 0 amide bonds. The topological polar surface area (TPSA) is 94.7 Å². The highest BCUT2D eigenvalue weighted by molar-refractivity contribution is 5.74. The lowest BCUT2D eigenvalue weighted by Gasteiger charge is -2.39. The van der Waals surface area contributed by atoms with Crippen molar-refractivity contribution in [2.45, 2.75) is 72.0 Å². The number of ether oxygens (including phenoxy) is 2. The molecule has 0 saturated carbocycles. The largest absolute Gasteiger partial charge is 0.460 e. The maximum atomic E-state index is 12.4. The Morgan fingerprint density at radius 3 is 2.69 bits per heavy atom. The number of nitrogen functional groups attached to an aromatic ring is 1. The summed E-state index contributed by atoms with van der Waals surface area (Å²) in [5, 5.41) is 0. The predicted molar refractivity (Wildman–Crippen MR) is 111 cm³/mol. The first-order valence-corrected chi connectivity index (χ1v) is 10.4. The van der Waals surface area contributed by atoms with Gasteiger partial charge in [-0.25, -0.2) is 0 Å². The molecule has 1 fully saturated rings. The molecular formula is C22H33N3O4. The molecule has 7 heteroatoms. The molecule has 0 bridgehead atoms. The van der Waals surface area contributed by atoms with Crippen molar-refractivity contribution in [1.29, 1.82) is 0 Å². The van der Waals surface area contributed by atoms with E-state index in [0.717, 1.165) is 49.3 Å². The predicted octanol–water partition coefficient (Wildman–Crippen LogP) is 3.41. The Kier molecular flexibility index (Phi) is 6.05. The van der Waals surface area contributed by atoms with Gasteiger partial charge in [0, 0.05) is 25.6 Å². The number of rotatable bonds is 4. The van der Waals surface area contributed by atoms with Gasteiger partial charge in [-0.1, -0.05) is 6.92 Å². The van der Waals surface area contributed by atoms with Crippen molar-refractivity contribution >= 4 is 23.3 Å². The SMILES string of the molecule is CC(=O)OC1CCc2c1ncc(N)c2N1C[C@H](C)C[C@H](CC(=O)OC(C)(C)C)C1. The van der Waals surface area contributed by atoms with Crippen molar-refractivity contribution in [2.75, 3.05) is 23.7 Å². The van der Waals surface area contributed by atoms with Crippen molar-refractivity contribution in [3.05, 3.63) is 17.5 Å². The monoisotopic (exact) mass is 403 g/mol. The van der Waals surface area contributed by atoms with E-state index in [-0.39, 0.29) is 24.0 Å². The normalized spacial score (nSPS) is 24.2. The van der Waals surface area contributed by atoms with E-state index < -0.39 is 5.60 Å². The van der Waals surface area contributed by atoms with Gasteiger partial charge < -0.3 is 20.1 Å². The van der Waals surface area contributed by atoms with E-state index in [1.54, 1.807) is 6.20 Å². The van der Waals surface area contributed by atoms with Crippen molar-refractivity contribution in [3.63, 3.8) is 0 Å². The van der Waals surface area contributed by atoms with Crippen molar-refractivity contribution in [3.8, 4) is 0 Å². The van der Waals surface area contributed by atoms with Crippen LogP contribution in [0, 0.1) is 11.8 Å². The Bertz CT molecular complexity index is 787. The summed E-state index contributed by atoms with van der Waals surface area (Å²) in [7, 11) is 0. The third-order valence-electron chi connectivity index (χ3n) is 5.42.